The maximum absolute atomic E-state index is 11.4. The quantitative estimate of drug-likeness (QED) is 0.426. The molecule has 0 aliphatic carbocycles. The van der Waals surface area contributed by atoms with Crippen molar-refractivity contribution in [3.05, 3.63) is 23.8 Å². The van der Waals surface area contributed by atoms with Gasteiger partial charge in [0.25, 0.3) is 0 Å². The third-order valence-electron chi connectivity index (χ3n) is 1.65. The molecule has 76 valence electrons. The summed E-state index contributed by atoms with van der Waals surface area (Å²) < 4.78 is 4.94. The number of nitrogens with two attached hydrogens (primary N) is 1. The fourth-order valence-corrected chi connectivity index (χ4v) is 1.01. The number of carbonyl (C=O) groups is 1. The van der Waals surface area contributed by atoms with Gasteiger partial charge in [0.1, 0.15) is 5.75 Å². The molecule has 0 unspecified atom stereocenters. The normalized spacial score (nSPS) is 10.2. The minimum Gasteiger partial charge on any atom is -0.506 e. The second-order valence-electron chi connectivity index (χ2n) is 3.19. The maximum Gasteiger partial charge on any atom is 0.340 e. The number of hydrogen-bond donors (Lipinski definition) is 2. The number of nitrogen functional groups attached to an aromatic ring is 1. The Hall–Kier alpha value is -1.71. The first-order valence-electron chi connectivity index (χ1n) is 4.30. The van der Waals surface area contributed by atoms with Gasteiger partial charge in [-0.1, -0.05) is 6.07 Å². The van der Waals surface area contributed by atoms with Crippen LogP contribution in [0.3, 0.4) is 0 Å². The molecule has 0 bridgehead atoms. The fraction of sp³-hybridized carbons (Fsp3) is 0.300. The van der Waals surface area contributed by atoms with E-state index in [9.17, 15) is 9.90 Å². The molecule has 0 radical (unpaired) electrons. The Morgan fingerprint density at radius 2 is 2.14 bits per heavy atom. The maximum atomic E-state index is 11.4. The Labute approximate surface area is 82.3 Å². The van der Waals surface area contributed by atoms with Gasteiger partial charge in [-0.25, -0.2) is 4.79 Å². The highest BCUT2D eigenvalue weighted by atomic mass is 16.5. The van der Waals surface area contributed by atoms with Gasteiger partial charge in [0.05, 0.1) is 17.4 Å². The molecule has 1 aromatic rings. The van der Waals surface area contributed by atoms with Crippen molar-refractivity contribution in [3.8, 4) is 5.75 Å². The zero-order valence-corrected chi connectivity index (χ0v) is 8.15. The van der Waals surface area contributed by atoms with E-state index in [0.717, 1.165) is 0 Å². The van der Waals surface area contributed by atoms with Crippen molar-refractivity contribution in [2.75, 3.05) is 5.73 Å². The molecule has 0 aliphatic heterocycles. The lowest BCUT2D eigenvalue weighted by Gasteiger charge is -2.09. The van der Waals surface area contributed by atoms with Gasteiger partial charge in [0, 0.05) is 0 Å². The monoisotopic (exact) mass is 195 g/mol. The zero-order valence-electron chi connectivity index (χ0n) is 8.15. The third kappa shape index (κ3) is 2.16. The number of carbonyl (C=O) groups excluding carboxylic acids is 1. The smallest absolute Gasteiger partial charge is 0.340 e. The third-order valence-corrected chi connectivity index (χ3v) is 1.65. The Morgan fingerprint density at radius 3 is 2.71 bits per heavy atom. The predicted molar refractivity (Wildman–Crippen MR) is 53.1 cm³/mol. The molecule has 0 saturated heterocycles. The van der Waals surface area contributed by atoms with Crippen LogP contribution in [0.4, 0.5) is 5.69 Å². The summed E-state index contributed by atoms with van der Waals surface area (Å²) in [6.07, 6.45) is -0.204. The highest BCUT2D eigenvalue weighted by Crippen LogP contribution is 2.24. The lowest BCUT2D eigenvalue weighted by Crippen LogP contribution is -2.13. The number of aromatic hydroxyl groups is 1. The lowest BCUT2D eigenvalue weighted by molar-refractivity contribution is 0.0379. The largest absolute Gasteiger partial charge is 0.506 e. The van der Waals surface area contributed by atoms with Crippen LogP contribution in [0.2, 0.25) is 0 Å². The zero-order chi connectivity index (χ0) is 10.7. The Kier molecular flexibility index (Phi) is 2.96. The van der Waals surface area contributed by atoms with Crippen molar-refractivity contribution in [3.63, 3.8) is 0 Å². The summed E-state index contributed by atoms with van der Waals surface area (Å²) in [6, 6.07) is 4.48. The van der Waals surface area contributed by atoms with Crippen molar-refractivity contribution in [1.29, 1.82) is 0 Å². The number of para-hydroxylation sites is 1. The van der Waals surface area contributed by atoms with Crippen LogP contribution in [0.25, 0.3) is 0 Å². The van der Waals surface area contributed by atoms with E-state index in [4.69, 9.17) is 10.5 Å². The molecule has 1 aromatic carbocycles. The number of ether oxygens (including phenoxy) is 1. The van der Waals surface area contributed by atoms with Crippen LogP contribution in [0, 0.1) is 0 Å². The minimum absolute atomic E-state index is 0.0538. The highest BCUT2D eigenvalue weighted by molar-refractivity contribution is 5.96. The van der Waals surface area contributed by atoms with Gasteiger partial charge in [0.15, 0.2) is 0 Å². The average molecular weight is 195 g/mol. The van der Waals surface area contributed by atoms with E-state index >= 15 is 0 Å². The number of esters is 1. The summed E-state index contributed by atoms with van der Waals surface area (Å²) in [5.41, 5.74) is 5.76. The van der Waals surface area contributed by atoms with Crippen molar-refractivity contribution in [2.45, 2.75) is 20.0 Å². The number of phenolic OH excluding ortho intramolecular Hbond substituents is 1. The molecule has 0 saturated carbocycles. The first-order chi connectivity index (χ1) is 6.52. The number of benzene rings is 1. The molecule has 1 rings (SSSR count). The standard InChI is InChI=1S/C10H13NO3/c1-6(2)14-10(13)7-4-3-5-8(12)9(7)11/h3-6,12H,11H2,1-2H3. The van der Waals surface area contributed by atoms with Gasteiger partial charge in [-0.15, -0.1) is 0 Å². The predicted octanol–water partition coefficient (Wildman–Crippen LogP) is 1.54. The molecule has 0 aromatic heterocycles. The molecular weight excluding hydrogens is 182 g/mol. The van der Waals surface area contributed by atoms with Gasteiger partial charge < -0.3 is 15.6 Å². The molecule has 4 nitrogen and oxygen atoms in total. The molecular formula is C10H13NO3. The molecule has 3 N–H and O–H groups in total. The molecule has 0 heterocycles. The highest BCUT2D eigenvalue weighted by Gasteiger charge is 2.14. The summed E-state index contributed by atoms with van der Waals surface area (Å²) in [7, 11) is 0. The number of rotatable bonds is 2. The number of hydrogen-bond acceptors (Lipinski definition) is 4. The lowest BCUT2D eigenvalue weighted by atomic mass is 10.1. The number of anilines is 1. The molecule has 0 atom stereocenters. The van der Waals surface area contributed by atoms with Crippen molar-refractivity contribution >= 4 is 11.7 Å². The van der Waals surface area contributed by atoms with Crippen LogP contribution >= 0.6 is 0 Å². The topological polar surface area (TPSA) is 72.5 Å². The van der Waals surface area contributed by atoms with Gasteiger partial charge in [-0.2, -0.15) is 0 Å². The van der Waals surface area contributed by atoms with Gasteiger partial charge in [-0.05, 0) is 26.0 Å². The van der Waals surface area contributed by atoms with Gasteiger partial charge in [0.2, 0.25) is 0 Å². The van der Waals surface area contributed by atoms with E-state index in [1.807, 2.05) is 0 Å². The van der Waals surface area contributed by atoms with E-state index in [1.54, 1.807) is 19.9 Å². The Morgan fingerprint density at radius 1 is 1.50 bits per heavy atom. The summed E-state index contributed by atoms with van der Waals surface area (Å²) in [6.45, 7) is 3.49. The summed E-state index contributed by atoms with van der Waals surface area (Å²) in [4.78, 5) is 11.4. The van der Waals surface area contributed by atoms with Crippen molar-refractivity contribution in [1.82, 2.24) is 0 Å². The number of phenols is 1. The summed E-state index contributed by atoms with van der Waals surface area (Å²) >= 11 is 0. The van der Waals surface area contributed by atoms with Crippen LogP contribution in [-0.4, -0.2) is 17.2 Å². The van der Waals surface area contributed by atoms with Crippen LogP contribution in [0.5, 0.6) is 5.75 Å². The Balaban J connectivity index is 2.96. The minimum atomic E-state index is -0.520. The van der Waals surface area contributed by atoms with Gasteiger partial charge >= 0.3 is 5.97 Å². The second kappa shape index (κ2) is 4.00. The molecule has 0 fully saturated rings. The summed E-state index contributed by atoms with van der Waals surface area (Å²) in [5, 5.41) is 9.25. The molecule has 0 spiro atoms. The first kappa shape index (κ1) is 10.4. The first-order valence-corrected chi connectivity index (χ1v) is 4.30. The van der Waals surface area contributed by atoms with E-state index < -0.39 is 5.97 Å². The molecule has 0 amide bonds. The fourth-order valence-electron chi connectivity index (χ4n) is 1.01. The van der Waals surface area contributed by atoms with Gasteiger partial charge in [-0.3, -0.25) is 0 Å². The summed E-state index contributed by atoms with van der Waals surface area (Å²) in [5.74, 6) is -0.628. The Bertz CT molecular complexity index is 347. The molecule has 4 heteroatoms. The SMILES string of the molecule is CC(C)OC(=O)c1cccc(O)c1N. The van der Waals surface area contributed by atoms with Crippen LogP contribution in [0.1, 0.15) is 24.2 Å². The average Bonchev–Trinajstić information content (AvgIpc) is 2.08. The van der Waals surface area contributed by atoms with E-state index in [0.29, 0.717) is 0 Å². The van der Waals surface area contributed by atoms with Crippen LogP contribution < -0.4 is 5.73 Å². The van der Waals surface area contributed by atoms with Crippen molar-refractivity contribution < 1.29 is 14.6 Å². The van der Waals surface area contributed by atoms with E-state index in [1.165, 1.54) is 12.1 Å². The second-order valence-corrected chi connectivity index (χ2v) is 3.19. The molecule has 14 heavy (non-hydrogen) atoms. The van der Waals surface area contributed by atoms with Crippen LogP contribution in [-0.2, 0) is 4.74 Å². The van der Waals surface area contributed by atoms with E-state index in [-0.39, 0.29) is 23.1 Å². The van der Waals surface area contributed by atoms with Crippen LogP contribution in [0.15, 0.2) is 18.2 Å². The van der Waals surface area contributed by atoms with E-state index in [2.05, 4.69) is 0 Å². The van der Waals surface area contributed by atoms with Crippen molar-refractivity contribution in [2.24, 2.45) is 0 Å². The molecule has 0 aliphatic rings.